The molecule has 4 heteroatoms. The van der Waals surface area contributed by atoms with Crippen molar-refractivity contribution in [3.05, 3.63) is 35.0 Å². The van der Waals surface area contributed by atoms with Gasteiger partial charge in [-0.1, -0.05) is 6.07 Å². The van der Waals surface area contributed by atoms with E-state index >= 15 is 0 Å². The molecule has 90 valence electrons. The van der Waals surface area contributed by atoms with Crippen LogP contribution in [0.25, 0.3) is 10.9 Å². The number of carboxylic acid groups (broad SMARTS) is 1. The summed E-state index contributed by atoms with van der Waals surface area (Å²) in [6.07, 6.45) is 2.19. The van der Waals surface area contributed by atoms with Gasteiger partial charge in [0, 0.05) is 23.5 Å². The largest absolute Gasteiger partial charge is 0.480 e. The highest BCUT2D eigenvalue weighted by atomic mass is 16.4. The Labute approximate surface area is 99.4 Å². The van der Waals surface area contributed by atoms with E-state index in [2.05, 4.69) is 17.1 Å². The van der Waals surface area contributed by atoms with Crippen molar-refractivity contribution in [2.75, 3.05) is 0 Å². The van der Waals surface area contributed by atoms with Crippen molar-refractivity contribution in [2.24, 2.45) is 5.73 Å². The van der Waals surface area contributed by atoms with E-state index in [1.54, 1.807) is 0 Å². The fourth-order valence-electron chi connectivity index (χ4n) is 2.23. The van der Waals surface area contributed by atoms with Gasteiger partial charge in [0.1, 0.15) is 6.04 Å². The van der Waals surface area contributed by atoms with Gasteiger partial charge in [-0.05, 0) is 36.6 Å². The van der Waals surface area contributed by atoms with Gasteiger partial charge in [-0.3, -0.25) is 4.79 Å². The van der Waals surface area contributed by atoms with Gasteiger partial charge in [-0.15, -0.1) is 0 Å². The number of carbonyl (C=O) groups is 1. The summed E-state index contributed by atoms with van der Waals surface area (Å²) >= 11 is 0. The lowest BCUT2D eigenvalue weighted by Gasteiger charge is -2.07. The Morgan fingerprint density at radius 3 is 2.82 bits per heavy atom. The Bertz CT molecular complexity index is 572. The van der Waals surface area contributed by atoms with Crippen molar-refractivity contribution >= 4 is 16.9 Å². The van der Waals surface area contributed by atoms with Crippen LogP contribution in [-0.4, -0.2) is 22.1 Å². The molecule has 1 heterocycles. The second-order valence-electron chi connectivity index (χ2n) is 4.47. The molecule has 1 aromatic heterocycles. The second-order valence-corrected chi connectivity index (χ2v) is 4.47. The highest BCUT2D eigenvalue weighted by Crippen LogP contribution is 2.24. The average molecular weight is 232 g/mol. The molecular formula is C13H16N2O2. The second kappa shape index (κ2) is 4.22. The summed E-state index contributed by atoms with van der Waals surface area (Å²) in [6.45, 7) is 4.06. The molecule has 0 saturated heterocycles. The molecule has 0 spiro atoms. The van der Waals surface area contributed by atoms with E-state index in [4.69, 9.17) is 10.8 Å². The van der Waals surface area contributed by atoms with Crippen molar-refractivity contribution in [3.8, 4) is 0 Å². The number of hydrogen-bond donors (Lipinski definition) is 3. The molecule has 0 aliphatic heterocycles. The molecule has 4 nitrogen and oxygen atoms in total. The Balaban J connectivity index is 2.46. The first-order chi connectivity index (χ1) is 7.99. The summed E-state index contributed by atoms with van der Waals surface area (Å²) < 4.78 is 0. The van der Waals surface area contributed by atoms with Gasteiger partial charge in [0.15, 0.2) is 0 Å². The molecule has 4 N–H and O–H groups in total. The lowest BCUT2D eigenvalue weighted by atomic mass is 10.0. The van der Waals surface area contributed by atoms with Crippen LogP contribution in [0.2, 0.25) is 0 Å². The number of nitrogens with two attached hydrogens (primary N) is 1. The van der Waals surface area contributed by atoms with Crippen molar-refractivity contribution in [2.45, 2.75) is 26.3 Å². The molecule has 0 aliphatic carbocycles. The first-order valence-corrected chi connectivity index (χ1v) is 5.54. The molecule has 1 aromatic carbocycles. The Morgan fingerprint density at radius 1 is 1.47 bits per heavy atom. The Morgan fingerprint density at radius 2 is 2.18 bits per heavy atom. The molecule has 1 atom stereocenters. The first kappa shape index (κ1) is 11.7. The van der Waals surface area contributed by atoms with E-state index in [1.165, 1.54) is 5.56 Å². The van der Waals surface area contributed by atoms with Crippen LogP contribution in [0.3, 0.4) is 0 Å². The first-order valence-electron chi connectivity index (χ1n) is 5.54. The summed E-state index contributed by atoms with van der Waals surface area (Å²) in [5, 5.41) is 9.92. The zero-order chi connectivity index (χ0) is 12.6. The summed E-state index contributed by atoms with van der Waals surface area (Å²) in [6, 6.07) is 3.29. The Kier molecular flexibility index (Phi) is 2.90. The average Bonchev–Trinajstić information content (AvgIpc) is 2.60. The fraction of sp³-hybridized carbons (Fsp3) is 0.308. The third-order valence-corrected chi connectivity index (χ3v) is 2.96. The van der Waals surface area contributed by atoms with Gasteiger partial charge in [0.2, 0.25) is 0 Å². The van der Waals surface area contributed by atoms with Gasteiger partial charge < -0.3 is 15.8 Å². The van der Waals surface area contributed by atoms with Gasteiger partial charge in [-0.25, -0.2) is 0 Å². The lowest BCUT2D eigenvalue weighted by molar-refractivity contribution is -0.138. The molecule has 0 saturated carbocycles. The third-order valence-electron chi connectivity index (χ3n) is 2.96. The maximum Gasteiger partial charge on any atom is 0.320 e. The van der Waals surface area contributed by atoms with E-state index in [0.717, 1.165) is 22.0 Å². The molecular weight excluding hydrogens is 216 g/mol. The topological polar surface area (TPSA) is 79.1 Å². The quantitative estimate of drug-likeness (QED) is 0.754. The maximum absolute atomic E-state index is 10.8. The van der Waals surface area contributed by atoms with Crippen LogP contribution in [0.1, 0.15) is 16.7 Å². The minimum Gasteiger partial charge on any atom is -0.480 e. The minimum absolute atomic E-state index is 0.346. The van der Waals surface area contributed by atoms with E-state index in [-0.39, 0.29) is 0 Å². The molecule has 0 bridgehead atoms. The number of H-pyrrole nitrogens is 1. The van der Waals surface area contributed by atoms with Crippen LogP contribution in [0, 0.1) is 13.8 Å². The zero-order valence-corrected chi connectivity index (χ0v) is 9.95. The summed E-state index contributed by atoms with van der Waals surface area (Å²) in [4.78, 5) is 13.9. The third kappa shape index (κ3) is 2.17. The lowest BCUT2D eigenvalue weighted by Crippen LogP contribution is -2.32. The van der Waals surface area contributed by atoms with Crippen LogP contribution < -0.4 is 5.73 Å². The predicted octanol–water partition coefficient (Wildman–Crippen LogP) is 1.74. The van der Waals surface area contributed by atoms with Crippen molar-refractivity contribution in [3.63, 3.8) is 0 Å². The van der Waals surface area contributed by atoms with Crippen molar-refractivity contribution in [1.82, 2.24) is 4.98 Å². The van der Waals surface area contributed by atoms with E-state index in [0.29, 0.717) is 6.42 Å². The highest BCUT2D eigenvalue weighted by molar-refractivity contribution is 5.88. The van der Waals surface area contributed by atoms with Crippen LogP contribution in [0.15, 0.2) is 18.3 Å². The van der Waals surface area contributed by atoms with E-state index in [1.807, 2.05) is 20.0 Å². The minimum atomic E-state index is -0.968. The van der Waals surface area contributed by atoms with Gasteiger partial charge in [-0.2, -0.15) is 0 Å². The molecule has 0 radical (unpaired) electrons. The molecule has 17 heavy (non-hydrogen) atoms. The number of aryl methyl sites for hydroxylation is 2. The summed E-state index contributed by atoms with van der Waals surface area (Å²) in [7, 11) is 0. The van der Waals surface area contributed by atoms with E-state index in [9.17, 15) is 4.79 Å². The number of carboxylic acids is 1. The predicted molar refractivity (Wildman–Crippen MR) is 67.1 cm³/mol. The van der Waals surface area contributed by atoms with Crippen molar-refractivity contribution < 1.29 is 9.90 Å². The van der Waals surface area contributed by atoms with Crippen molar-refractivity contribution in [1.29, 1.82) is 0 Å². The monoisotopic (exact) mass is 232 g/mol. The number of aliphatic carboxylic acids is 1. The van der Waals surface area contributed by atoms with Crippen LogP contribution in [0.5, 0.6) is 0 Å². The molecule has 1 unspecified atom stereocenters. The Hall–Kier alpha value is -1.81. The normalized spacial score (nSPS) is 12.9. The number of hydrogen-bond acceptors (Lipinski definition) is 2. The number of nitrogens with one attached hydrogen (secondary N) is 1. The van der Waals surface area contributed by atoms with Crippen LogP contribution in [0.4, 0.5) is 0 Å². The number of rotatable bonds is 3. The highest BCUT2D eigenvalue weighted by Gasteiger charge is 2.15. The number of aromatic nitrogens is 1. The van der Waals surface area contributed by atoms with Crippen LogP contribution >= 0.6 is 0 Å². The molecule has 0 aliphatic rings. The fourth-order valence-corrected chi connectivity index (χ4v) is 2.23. The molecule has 0 fully saturated rings. The van der Waals surface area contributed by atoms with Gasteiger partial charge >= 0.3 is 5.97 Å². The molecule has 2 rings (SSSR count). The van der Waals surface area contributed by atoms with E-state index < -0.39 is 12.0 Å². The number of benzene rings is 1. The molecule has 0 amide bonds. The molecule has 2 aromatic rings. The smallest absolute Gasteiger partial charge is 0.320 e. The summed E-state index contributed by atoms with van der Waals surface area (Å²) in [5.41, 5.74) is 9.90. The SMILES string of the molecule is Cc1cc(C)c2c(CC(N)C(=O)O)c[nH]c2c1. The van der Waals surface area contributed by atoms with Gasteiger partial charge in [0.05, 0.1) is 0 Å². The van der Waals surface area contributed by atoms with Gasteiger partial charge in [0.25, 0.3) is 0 Å². The number of aromatic amines is 1. The number of fused-ring (bicyclic) bond motifs is 1. The van der Waals surface area contributed by atoms with Crippen LogP contribution in [-0.2, 0) is 11.2 Å². The zero-order valence-electron chi connectivity index (χ0n) is 9.95. The maximum atomic E-state index is 10.8. The standard InChI is InChI=1S/C13H16N2O2/c1-7-3-8(2)12-9(5-10(14)13(16)17)6-15-11(12)4-7/h3-4,6,10,15H,5,14H2,1-2H3,(H,16,17). The summed E-state index contributed by atoms with van der Waals surface area (Å²) in [5.74, 6) is -0.968.